The molecule has 2 aromatic carbocycles. The summed E-state index contributed by atoms with van der Waals surface area (Å²) in [5.74, 6) is 1.07. The van der Waals surface area contributed by atoms with Crippen molar-refractivity contribution < 1.29 is 23.7 Å². The number of esters is 1. The van der Waals surface area contributed by atoms with Crippen LogP contribution >= 0.6 is 22.9 Å². The van der Waals surface area contributed by atoms with E-state index in [1.807, 2.05) is 19.1 Å². The van der Waals surface area contributed by atoms with Gasteiger partial charge in [0.1, 0.15) is 5.75 Å². The molecule has 1 atom stereocenters. The molecular formula is C27H27ClN2O6S. The lowest BCUT2D eigenvalue weighted by Gasteiger charge is -2.25. The third-order valence-corrected chi connectivity index (χ3v) is 7.07. The van der Waals surface area contributed by atoms with E-state index in [0.717, 1.165) is 5.56 Å². The van der Waals surface area contributed by atoms with E-state index in [4.69, 9.17) is 30.5 Å². The van der Waals surface area contributed by atoms with Gasteiger partial charge < -0.3 is 18.9 Å². The Morgan fingerprint density at radius 1 is 1.08 bits per heavy atom. The summed E-state index contributed by atoms with van der Waals surface area (Å²) in [7, 11) is 3.10. The lowest BCUT2D eigenvalue weighted by atomic mass is 9.95. The third-order valence-electron chi connectivity index (χ3n) is 5.79. The first kappa shape index (κ1) is 26.5. The second kappa shape index (κ2) is 11.2. The van der Waals surface area contributed by atoms with E-state index in [9.17, 15) is 9.59 Å². The summed E-state index contributed by atoms with van der Waals surface area (Å²) in [6.07, 6.45) is 1.75. The van der Waals surface area contributed by atoms with Crippen molar-refractivity contribution in [1.82, 2.24) is 4.57 Å². The monoisotopic (exact) mass is 542 g/mol. The predicted molar refractivity (Wildman–Crippen MR) is 143 cm³/mol. The Labute approximate surface area is 223 Å². The van der Waals surface area contributed by atoms with Crippen molar-refractivity contribution >= 4 is 35.0 Å². The first-order valence-corrected chi connectivity index (χ1v) is 12.9. The van der Waals surface area contributed by atoms with E-state index >= 15 is 0 Å². The molecule has 1 unspecified atom stereocenters. The molecule has 0 amide bonds. The number of hydrogen-bond acceptors (Lipinski definition) is 8. The Hall–Kier alpha value is -3.56. The van der Waals surface area contributed by atoms with Gasteiger partial charge in [-0.15, -0.1) is 0 Å². The van der Waals surface area contributed by atoms with Gasteiger partial charge in [-0.05, 0) is 62.2 Å². The van der Waals surface area contributed by atoms with Crippen LogP contribution in [0.25, 0.3) is 6.08 Å². The number of carbonyl (C=O) groups is 1. The van der Waals surface area contributed by atoms with Crippen LogP contribution in [0.4, 0.5) is 0 Å². The maximum absolute atomic E-state index is 13.8. The van der Waals surface area contributed by atoms with E-state index < -0.39 is 12.0 Å². The van der Waals surface area contributed by atoms with Crippen molar-refractivity contribution in [3.8, 4) is 17.2 Å². The number of ether oxygens (including phenoxy) is 4. The van der Waals surface area contributed by atoms with Crippen LogP contribution in [-0.2, 0) is 9.53 Å². The summed E-state index contributed by atoms with van der Waals surface area (Å²) in [5.41, 5.74) is 1.89. The van der Waals surface area contributed by atoms with Crippen molar-refractivity contribution in [2.24, 2.45) is 4.99 Å². The van der Waals surface area contributed by atoms with Crippen LogP contribution in [0, 0.1) is 0 Å². The maximum atomic E-state index is 13.8. The molecule has 0 spiro atoms. The molecular weight excluding hydrogens is 516 g/mol. The number of allylic oxidation sites excluding steroid dienone is 1. The standard InChI is InChI=1S/C27H27ClN2O6S/c1-6-35-21-14-17(9-11-20(21)34-5)24-23(26(32)36-7-2)15(3)29-27-30(24)25(31)22(37-27)13-16-8-10-19(33-4)18(28)12-16/h8-14,24H,6-7H2,1-5H3. The number of halogens is 1. The summed E-state index contributed by atoms with van der Waals surface area (Å²) in [4.78, 5) is 31.9. The zero-order chi connectivity index (χ0) is 26.7. The summed E-state index contributed by atoms with van der Waals surface area (Å²) < 4.78 is 23.7. The van der Waals surface area contributed by atoms with Crippen LogP contribution in [0.15, 0.2) is 57.5 Å². The van der Waals surface area contributed by atoms with Crippen LogP contribution in [0.5, 0.6) is 17.2 Å². The van der Waals surface area contributed by atoms with E-state index in [1.54, 1.807) is 58.4 Å². The fourth-order valence-corrected chi connectivity index (χ4v) is 5.48. The quantitative estimate of drug-likeness (QED) is 0.402. The Bertz CT molecular complexity index is 1560. The largest absolute Gasteiger partial charge is 0.495 e. The number of rotatable bonds is 8. The molecule has 1 aliphatic heterocycles. The van der Waals surface area contributed by atoms with Gasteiger partial charge in [-0.2, -0.15) is 0 Å². The molecule has 194 valence electrons. The number of carbonyl (C=O) groups excluding carboxylic acids is 1. The summed E-state index contributed by atoms with van der Waals surface area (Å²) in [6, 6.07) is 9.87. The van der Waals surface area contributed by atoms with Crippen molar-refractivity contribution in [1.29, 1.82) is 0 Å². The highest BCUT2D eigenvalue weighted by Gasteiger charge is 2.34. The minimum Gasteiger partial charge on any atom is -0.495 e. The lowest BCUT2D eigenvalue weighted by Crippen LogP contribution is -2.40. The zero-order valence-corrected chi connectivity index (χ0v) is 22.7. The Kier molecular flexibility index (Phi) is 8.04. The zero-order valence-electron chi connectivity index (χ0n) is 21.2. The molecule has 0 bridgehead atoms. The predicted octanol–water partition coefficient (Wildman–Crippen LogP) is 3.87. The van der Waals surface area contributed by atoms with Crippen molar-refractivity contribution in [2.75, 3.05) is 27.4 Å². The van der Waals surface area contributed by atoms with Gasteiger partial charge in [0, 0.05) is 0 Å². The fraction of sp³-hybridized carbons (Fsp3) is 0.296. The Morgan fingerprint density at radius 3 is 2.46 bits per heavy atom. The molecule has 0 saturated carbocycles. The summed E-state index contributed by atoms with van der Waals surface area (Å²) >= 11 is 7.52. The second-order valence-corrected chi connectivity index (χ2v) is 9.46. The highest BCUT2D eigenvalue weighted by atomic mass is 35.5. The lowest BCUT2D eigenvalue weighted by molar-refractivity contribution is -0.139. The van der Waals surface area contributed by atoms with Crippen LogP contribution in [-0.4, -0.2) is 38.0 Å². The van der Waals surface area contributed by atoms with Crippen molar-refractivity contribution in [2.45, 2.75) is 26.8 Å². The average Bonchev–Trinajstić information content (AvgIpc) is 3.17. The first-order chi connectivity index (χ1) is 17.8. The third kappa shape index (κ3) is 5.14. The van der Waals surface area contributed by atoms with Crippen LogP contribution in [0.3, 0.4) is 0 Å². The van der Waals surface area contributed by atoms with Crippen LogP contribution in [0.1, 0.15) is 37.9 Å². The van der Waals surface area contributed by atoms with Gasteiger partial charge in [-0.1, -0.05) is 35.1 Å². The van der Waals surface area contributed by atoms with Crippen molar-refractivity contribution in [3.63, 3.8) is 0 Å². The number of hydrogen-bond donors (Lipinski definition) is 0. The highest BCUT2D eigenvalue weighted by Crippen LogP contribution is 2.36. The number of aromatic nitrogens is 1. The molecule has 10 heteroatoms. The van der Waals surface area contributed by atoms with Crippen molar-refractivity contribution in [3.05, 3.63) is 83.5 Å². The molecule has 0 saturated heterocycles. The van der Waals surface area contributed by atoms with E-state index in [2.05, 4.69) is 4.99 Å². The van der Waals surface area contributed by atoms with E-state index in [1.165, 1.54) is 15.9 Å². The molecule has 0 N–H and O–H groups in total. The number of benzene rings is 2. The van der Waals surface area contributed by atoms with Gasteiger partial charge in [0.05, 0.1) is 54.3 Å². The van der Waals surface area contributed by atoms with Gasteiger partial charge >= 0.3 is 5.97 Å². The molecule has 0 radical (unpaired) electrons. The molecule has 0 fully saturated rings. The fourth-order valence-electron chi connectivity index (χ4n) is 4.16. The summed E-state index contributed by atoms with van der Waals surface area (Å²) in [5, 5.41) is 0.434. The topological polar surface area (TPSA) is 88.4 Å². The van der Waals surface area contributed by atoms with Gasteiger partial charge in [0.25, 0.3) is 5.56 Å². The van der Waals surface area contributed by atoms with Crippen LogP contribution in [0.2, 0.25) is 5.02 Å². The number of thiazole rings is 1. The molecule has 1 aliphatic rings. The molecule has 0 aliphatic carbocycles. The average molecular weight is 543 g/mol. The normalized spacial score (nSPS) is 15.2. The molecule has 37 heavy (non-hydrogen) atoms. The van der Waals surface area contributed by atoms with Gasteiger partial charge in [0.2, 0.25) is 0 Å². The Morgan fingerprint density at radius 2 is 1.81 bits per heavy atom. The molecule has 2 heterocycles. The molecule has 1 aromatic heterocycles. The number of fused-ring (bicyclic) bond motifs is 1. The minimum absolute atomic E-state index is 0.192. The highest BCUT2D eigenvalue weighted by molar-refractivity contribution is 7.07. The molecule has 4 rings (SSSR count). The smallest absolute Gasteiger partial charge is 0.338 e. The van der Waals surface area contributed by atoms with E-state index in [-0.39, 0.29) is 12.2 Å². The van der Waals surface area contributed by atoms with Gasteiger partial charge in [0.15, 0.2) is 16.3 Å². The summed E-state index contributed by atoms with van der Waals surface area (Å²) in [6.45, 7) is 5.96. The minimum atomic E-state index is -0.762. The van der Waals surface area contributed by atoms with Gasteiger partial charge in [-0.3, -0.25) is 9.36 Å². The first-order valence-electron chi connectivity index (χ1n) is 11.7. The second-order valence-electron chi connectivity index (χ2n) is 8.04. The van der Waals surface area contributed by atoms with Crippen LogP contribution < -0.4 is 29.1 Å². The number of nitrogens with zero attached hydrogens (tertiary/aromatic N) is 2. The number of methoxy groups -OCH3 is 2. The van der Waals surface area contributed by atoms with Gasteiger partial charge in [-0.25, -0.2) is 9.79 Å². The SMILES string of the molecule is CCOC(=O)C1=C(C)N=c2sc(=Cc3ccc(OC)c(Cl)c3)c(=O)n2C1c1ccc(OC)c(OCC)c1. The Balaban J connectivity index is 1.94. The molecule has 8 nitrogen and oxygen atoms in total. The van der Waals surface area contributed by atoms with E-state index in [0.29, 0.717) is 55.0 Å². The maximum Gasteiger partial charge on any atom is 0.338 e. The molecule has 3 aromatic rings.